The summed E-state index contributed by atoms with van der Waals surface area (Å²) >= 11 is 0. The first-order valence-corrected chi connectivity index (χ1v) is 13.9. The van der Waals surface area contributed by atoms with Crippen molar-refractivity contribution in [1.82, 2.24) is 9.97 Å². The number of ether oxygens (including phenoxy) is 1. The molecule has 6 rings (SSSR count). The average molecular weight is 492 g/mol. The molecule has 1 atom stereocenters. The number of sulfone groups is 1. The molecule has 3 aliphatic heterocycles. The number of nitrogens with one attached hydrogen (secondary N) is 2. The molecule has 9 heteroatoms. The molecule has 0 unspecified atom stereocenters. The van der Waals surface area contributed by atoms with Gasteiger partial charge in [-0.1, -0.05) is 12.1 Å². The van der Waals surface area contributed by atoms with E-state index < -0.39 is 9.84 Å². The van der Waals surface area contributed by atoms with Gasteiger partial charge in [0.15, 0.2) is 9.84 Å². The van der Waals surface area contributed by atoms with Crippen molar-refractivity contribution in [3.63, 3.8) is 0 Å². The number of hydrogen-bond donors (Lipinski definition) is 2. The summed E-state index contributed by atoms with van der Waals surface area (Å²) in [6.07, 6.45) is 6.25. The topological polar surface area (TPSA) is 96.5 Å². The monoisotopic (exact) mass is 491 g/mol. The summed E-state index contributed by atoms with van der Waals surface area (Å²) < 4.78 is 30.2. The normalized spacial score (nSPS) is 20.4. The van der Waals surface area contributed by atoms with Crippen LogP contribution in [0.5, 0.6) is 5.88 Å². The van der Waals surface area contributed by atoms with Gasteiger partial charge in [-0.3, -0.25) is 0 Å². The lowest BCUT2D eigenvalue weighted by molar-refractivity contribution is 0.310. The number of nitrogens with zero attached hydrogens (tertiary/aromatic N) is 3. The average Bonchev–Trinajstić information content (AvgIpc) is 3.23. The number of anilines is 4. The summed E-state index contributed by atoms with van der Waals surface area (Å²) in [7, 11) is -3.01. The van der Waals surface area contributed by atoms with E-state index in [9.17, 15) is 8.42 Å². The quantitative estimate of drug-likeness (QED) is 0.562. The van der Waals surface area contributed by atoms with Gasteiger partial charge in [-0.25, -0.2) is 18.4 Å². The predicted molar refractivity (Wildman–Crippen MR) is 137 cm³/mol. The molecule has 2 N–H and O–H groups in total. The summed E-state index contributed by atoms with van der Waals surface area (Å²) in [5.41, 5.74) is 7.54. The van der Waals surface area contributed by atoms with Gasteiger partial charge in [-0.05, 0) is 61.1 Å². The highest BCUT2D eigenvalue weighted by molar-refractivity contribution is 7.91. The van der Waals surface area contributed by atoms with Crippen LogP contribution in [0.25, 0.3) is 0 Å². The van der Waals surface area contributed by atoms with Crippen LogP contribution in [0.1, 0.15) is 40.3 Å². The fourth-order valence-corrected chi connectivity index (χ4v) is 7.29. The SMILES string of the molecule is Cc1c(N2CCc3cnc(Nc4ccc([C@@H]5CCCS5(=O)=O)cc4)cc3C2)cnc2c1NCCO2. The highest BCUT2D eigenvalue weighted by Gasteiger charge is 2.32. The lowest BCUT2D eigenvalue weighted by Crippen LogP contribution is -2.32. The Morgan fingerprint density at radius 3 is 2.80 bits per heavy atom. The standard InChI is InChI=1S/C26H29N5O3S/c1-17-22(15-29-26-25(17)27-9-11-34-26)31-10-8-19-14-28-24(13-20(19)16-31)30-21-6-4-18(5-7-21)23-3-2-12-35(23,32)33/h4-7,13-15,23,27H,2-3,8-12,16H2,1H3,(H,28,30)/t23-/m0/s1. The summed E-state index contributed by atoms with van der Waals surface area (Å²) in [4.78, 5) is 11.5. The number of rotatable bonds is 4. The molecule has 3 aromatic rings. The molecule has 2 aromatic heterocycles. The van der Waals surface area contributed by atoms with E-state index in [1.807, 2.05) is 36.7 Å². The summed E-state index contributed by atoms with van der Waals surface area (Å²) in [5.74, 6) is 1.75. The molecule has 0 aliphatic carbocycles. The van der Waals surface area contributed by atoms with E-state index in [0.29, 0.717) is 24.7 Å². The van der Waals surface area contributed by atoms with Crippen molar-refractivity contribution >= 4 is 32.7 Å². The van der Waals surface area contributed by atoms with Crippen LogP contribution in [0.3, 0.4) is 0 Å². The summed E-state index contributed by atoms with van der Waals surface area (Å²) in [6, 6.07) is 9.82. The molecule has 35 heavy (non-hydrogen) atoms. The van der Waals surface area contributed by atoms with E-state index in [-0.39, 0.29) is 5.25 Å². The molecule has 1 saturated heterocycles. The van der Waals surface area contributed by atoms with Gasteiger partial charge in [0.2, 0.25) is 5.88 Å². The van der Waals surface area contributed by atoms with Crippen molar-refractivity contribution in [3.8, 4) is 5.88 Å². The molecule has 182 valence electrons. The van der Waals surface area contributed by atoms with Gasteiger partial charge >= 0.3 is 0 Å². The summed E-state index contributed by atoms with van der Waals surface area (Å²) in [6.45, 7) is 5.25. The van der Waals surface area contributed by atoms with Gasteiger partial charge in [0, 0.05) is 37.1 Å². The molecule has 8 nitrogen and oxygen atoms in total. The number of hydrogen-bond acceptors (Lipinski definition) is 8. The number of aromatic nitrogens is 2. The molecule has 1 fully saturated rings. The number of pyridine rings is 2. The molecule has 0 radical (unpaired) electrons. The second-order valence-corrected chi connectivity index (χ2v) is 11.8. The minimum Gasteiger partial charge on any atom is -0.474 e. The maximum atomic E-state index is 12.3. The van der Waals surface area contributed by atoms with Gasteiger partial charge in [-0.15, -0.1) is 0 Å². The second-order valence-electron chi connectivity index (χ2n) is 9.48. The third kappa shape index (κ3) is 4.18. The van der Waals surface area contributed by atoms with E-state index in [2.05, 4.69) is 38.5 Å². The molecule has 0 saturated carbocycles. The number of fused-ring (bicyclic) bond motifs is 2. The first-order chi connectivity index (χ1) is 17.0. The molecule has 0 spiro atoms. The van der Waals surface area contributed by atoms with E-state index in [1.165, 1.54) is 11.1 Å². The van der Waals surface area contributed by atoms with Crippen molar-refractivity contribution in [2.75, 3.05) is 41.0 Å². The second kappa shape index (κ2) is 8.71. The number of benzene rings is 1. The smallest absolute Gasteiger partial charge is 0.237 e. The van der Waals surface area contributed by atoms with Gasteiger partial charge in [0.25, 0.3) is 0 Å². The van der Waals surface area contributed by atoms with Gasteiger partial charge in [0.1, 0.15) is 18.1 Å². The fraction of sp³-hybridized carbons (Fsp3) is 0.385. The van der Waals surface area contributed by atoms with Crippen molar-refractivity contribution in [1.29, 1.82) is 0 Å². The van der Waals surface area contributed by atoms with Gasteiger partial charge in [0.05, 0.1) is 22.9 Å². The zero-order chi connectivity index (χ0) is 24.0. The lowest BCUT2D eigenvalue weighted by Gasteiger charge is -2.33. The van der Waals surface area contributed by atoms with Gasteiger partial charge in [-0.2, -0.15) is 0 Å². The molecule has 0 amide bonds. The maximum Gasteiger partial charge on any atom is 0.237 e. The lowest BCUT2D eigenvalue weighted by atomic mass is 10.0. The Balaban J connectivity index is 1.19. The Labute approximate surface area is 205 Å². The maximum absolute atomic E-state index is 12.3. The van der Waals surface area contributed by atoms with Crippen molar-refractivity contribution in [2.45, 2.75) is 38.0 Å². The Bertz CT molecular complexity index is 1370. The third-order valence-electron chi connectivity index (χ3n) is 7.24. The molecule has 0 bridgehead atoms. The van der Waals surface area contributed by atoms with E-state index in [0.717, 1.165) is 66.5 Å². The summed E-state index contributed by atoms with van der Waals surface area (Å²) in [5, 5.41) is 6.44. The molecular formula is C26H29N5O3S. The van der Waals surface area contributed by atoms with Gasteiger partial charge < -0.3 is 20.3 Å². The van der Waals surface area contributed by atoms with E-state index in [1.54, 1.807) is 0 Å². The molecule has 3 aliphatic rings. The Morgan fingerprint density at radius 1 is 1.14 bits per heavy atom. The van der Waals surface area contributed by atoms with E-state index in [4.69, 9.17) is 4.74 Å². The Hall–Kier alpha value is -3.33. The third-order valence-corrected chi connectivity index (χ3v) is 9.47. The molecule has 5 heterocycles. The molecular weight excluding hydrogens is 462 g/mol. The van der Waals surface area contributed by atoms with Crippen molar-refractivity contribution in [2.24, 2.45) is 0 Å². The molecule has 1 aromatic carbocycles. The highest BCUT2D eigenvalue weighted by Crippen LogP contribution is 2.37. The highest BCUT2D eigenvalue weighted by atomic mass is 32.2. The first kappa shape index (κ1) is 22.2. The first-order valence-electron chi connectivity index (χ1n) is 12.2. The zero-order valence-electron chi connectivity index (χ0n) is 19.8. The van der Waals surface area contributed by atoms with Crippen LogP contribution in [-0.4, -0.2) is 43.8 Å². The van der Waals surface area contributed by atoms with Crippen LogP contribution < -0.4 is 20.3 Å². The van der Waals surface area contributed by atoms with Crippen LogP contribution in [0.2, 0.25) is 0 Å². The van der Waals surface area contributed by atoms with Crippen molar-refractivity contribution in [3.05, 3.63) is 65.0 Å². The predicted octanol–water partition coefficient (Wildman–Crippen LogP) is 4.15. The zero-order valence-corrected chi connectivity index (χ0v) is 20.6. The Morgan fingerprint density at radius 2 is 2.00 bits per heavy atom. The fourth-order valence-electron chi connectivity index (χ4n) is 5.34. The Kier molecular flexibility index (Phi) is 5.51. The van der Waals surface area contributed by atoms with Crippen molar-refractivity contribution < 1.29 is 13.2 Å². The largest absolute Gasteiger partial charge is 0.474 e. The van der Waals surface area contributed by atoms with Crippen LogP contribution >= 0.6 is 0 Å². The minimum absolute atomic E-state index is 0.291. The van der Waals surface area contributed by atoms with Crippen LogP contribution in [0.15, 0.2) is 42.7 Å². The van der Waals surface area contributed by atoms with E-state index >= 15 is 0 Å². The van der Waals surface area contributed by atoms with Crippen LogP contribution in [0, 0.1) is 6.92 Å². The van der Waals surface area contributed by atoms with Crippen LogP contribution in [0.4, 0.5) is 22.9 Å². The van der Waals surface area contributed by atoms with Crippen LogP contribution in [-0.2, 0) is 22.8 Å². The minimum atomic E-state index is -3.01.